The number of anilines is 1. The van der Waals surface area contributed by atoms with Gasteiger partial charge in [0.25, 0.3) is 11.8 Å². The van der Waals surface area contributed by atoms with Gasteiger partial charge in [0.05, 0.1) is 23.9 Å². The minimum Gasteiger partial charge on any atom is -0.493 e. The van der Waals surface area contributed by atoms with Crippen LogP contribution >= 0.6 is 11.6 Å². The zero-order chi connectivity index (χ0) is 17.0. The fourth-order valence-electron chi connectivity index (χ4n) is 1.93. The summed E-state index contributed by atoms with van der Waals surface area (Å²) in [6, 6.07) is 5.29. The minimum atomic E-state index is -0.667. The van der Waals surface area contributed by atoms with Gasteiger partial charge >= 0.3 is 0 Å². The van der Waals surface area contributed by atoms with Crippen molar-refractivity contribution in [3.63, 3.8) is 0 Å². The van der Waals surface area contributed by atoms with Crippen LogP contribution < -0.4 is 15.4 Å². The zero-order valence-corrected chi connectivity index (χ0v) is 13.1. The predicted molar refractivity (Wildman–Crippen MR) is 83.5 cm³/mol. The number of pyridine rings is 1. The molecule has 2 amide bonds. The Morgan fingerprint density at radius 1 is 1.26 bits per heavy atom. The molecule has 0 saturated heterocycles. The average Bonchev–Trinajstić information content (AvgIpc) is 2.54. The Bertz CT molecular complexity index is 768. The van der Waals surface area contributed by atoms with Crippen molar-refractivity contribution in [2.45, 2.75) is 0 Å². The molecule has 0 fully saturated rings. The topological polar surface area (TPSA) is 80.3 Å². The summed E-state index contributed by atoms with van der Waals surface area (Å²) in [4.78, 5) is 28.0. The highest BCUT2D eigenvalue weighted by atomic mass is 35.5. The molecule has 0 aliphatic carbocycles. The van der Waals surface area contributed by atoms with Crippen LogP contribution in [0.15, 0.2) is 30.5 Å². The Morgan fingerprint density at radius 3 is 2.65 bits per heavy atom. The number of nitrogens with zero attached hydrogens (tertiary/aromatic N) is 1. The lowest BCUT2D eigenvalue weighted by atomic mass is 10.1. The number of halogens is 2. The monoisotopic (exact) mass is 337 g/mol. The number of methoxy groups -OCH3 is 1. The third-order valence-corrected chi connectivity index (χ3v) is 3.21. The second kappa shape index (κ2) is 7.06. The van der Waals surface area contributed by atoms with Gasteiger partial charge in [0.15, 0.2) is 11.6 Å². The van der Waals surface area contributed by atoms with Gasteiger partial charge in [0.2, 0.25) is 0 Å². The van der Waals surface area contributed by atoms with E-state index in [9.17, 15) is 14.0 Å². The predicted octanol–water partition coefficient (Wildman–Crippen LogP) is 2.49. The van der Waals surface area contributed by atoms with E-state index in [1.54, 1.807) is 0 Å². The maximum absolute atomic E-state index is 13.7. The van der Waals surface area contributed by atoms with E-state index in [0.717, 1.165) is 0 Å². The molecule has 1 aromatic heterocycles. The van der Waals surface area contributed by atoms with Gasteiger partial charge in [-0.3, -0.25) is 9.59 Å². The Morgan fingerprint density at radius 2 is 2.00 bits per heavy atom. The molecule has 2 rings (SSSR count). The summed E-state index contributed by atoms with van der Waals surface area (Å²) in [5, 5.41) is 5.04. The Balaban J connectivity index is 2.40. The van der Waals surface area contributed by atoms with E-state index in [2.05, 4.69) is 15.6 Å². The first-order valence-electron chi connectivity index (χ1n) is 6.49. The molecule has 2 aromatic rings. The van der Waals surface area contributed by atoms with Crippen molar-refractivity contribution < 1.29 is 18.7 Å². The van der Waals surface area contributed by atoms with E-state index in [0.29, 0.717) is 0 Å². The fourth-order valence-corrected chi connectivity index (χ4v) is 2.09. The maximum Gasteiger partial charge on any atom is 0.259 e. The lowest BCUT2D eigenvalue weighted by Crippen LogP contribution is -2.22. The van der Waals surface area contributed by atoms with Crippen LogP contribution in [-0.4, -0.2) is 31.0 Å². The van der Waals surface area contributed by atoms with Crippen LogP contribution in [0.5, 0.6) is 5.75 Å². The SMILES string of the molecule is CNC(=O)c1cnc(Cl)cc1NC(=O)c1cccc(F)c1OC. The number of benzene rings is 1. The third-order valence-electron chi connectivity index (χ3n) is 3.01. The molecule has 0 saturated carbocycles. The van der Waals surface area contributed by atoms with E-state index >= 15 is 0 Å². The second-order valence-electron chi connectivity index (χ2n) is 4.41. The molecule has 8 heteroatoms. The second-order valence-corrected chi connectivity index (χ2v) is 4.79. The molecular weight excluding hydrogens is 325 g/mol. The first-order valence-corrected chi connectivity index (χ1v) is 6.87. The summed E-state index contributed by atoms with van der Waals surface area (Å²) in [5.41, 5.74) is 0.268. The Labute approximate surface area is 136 Å². The van der Waals surface area contributed by atoms with Gasteiger partial charge in [-0.1, -0.05) is 17.7 Å². The highest BCUT2D eigenvalue weighted by molar-refractivity contribution is 6.30. The number of carbonyl (C=O) groups is 2. The van der Waals surface area contributed by atoms with Crippen molar-refractivity contribution in [1.82, 2.24) is 10.3 Å². The standard InChI is InChI=1S/C15H13ClFN3O3/c1-18-14(21)9-7-19-12(16)6-11(9)20-15(22)8-4-3-5-10(17)13(8)23-2/h3-7H,1-2H3,(H,18,21)(H,19,20,22). The largest absolute Gasteiger partial charge is 0.493 e. The number of hydrogen-bond donors (Lipinski definition) is 2. The first-order chi connectivity index (χ1) is 11.0. The number of aromatic nitrogens is 1. The number of amides is 2. The zero-order valence-electron chi connectivity index (χ0n) is 12.3. The van der Waals surface area contributed by atoms with Gasteiger partial charge < -0.3 is 15.4 Å². The molecule has 23 heavy (non-hydrogen) atoms. The van der Waals surface area contributed by atoms with E-state index < -0.39 is 17.6 Å². The Kier molecular flexibility index (Phi) is 5.13. The van der Waals surface area contributed by atoms with Crippen molar-refractivity contribution >= 4 is 29.1 Å². The molecule has 0 radical (unpaired) electrons. The van der Waals surface area contributed by atoms with Crippen molar-refractivity contribution in [2.24, 2.45) is 0 Å². The highest BCUT2D eigenvalue weighted by Crippen LogP contribution is 2.25. The van der Waals surface area contributed by atoms with Crippen LogP contribution in [0.3, 0.4) is 0 Å². The number of rotatable bonds is 4. The molecule has 0 atom stereocenters. The van der Waals surface area contributed by atoms with E-state index in [1.165, 1.54) is 44.6 Å². The normalized spacial score (nSPS) is 10.1. The smallest absolute Gasteiger partial charge is 0.259 e. The van der Waals surface area contributed by atoms with Gasteiger partial charge in [-0.25, -0.2) is 9.37 Å². The lowest BCUT2D eigenvalue weighted by molar-refractivity contribution is 0.0963. The fraction of sp³-hybridized carbons (Fsp3) is 0.133. The molecule has 2 N–H and O–H groups in total. The molecule has 120 valence electrons. The molecule has 0 aliphatic heterocycles. The van der Waals surface area contributed by atoms with Gasteiger partial charge in [-0.2, -0.15) is 0 Å². The van der Waals surface area contributed by atoms with Gasteiger partial charge in [0, 0.05) is 13.2 Å². The number of carbonyl (C=O) groups excluding carboxylic acids is 2. The van der Waals surface area contributed by atoms with Crippen LogP contribution in [0.25, 0.3) is 0 Å². The van der Waals surface area contributed by atoms with E-state index in [-0.39, 0.29) is 27.7 Å². The van der Waals surface area contributed by atoms with Crippen molar-refractivity contribution in [3.8, 4) is 5.75 Å². The summed E-state index contributed by atoms with van der Waals surface area (Å²) in [7, 11) is 2.70. The van der Waals surface area contributed by atoms with E-state index in [1.807, 2.05) is 0 Å². The lowest BCUT2D eigenvalue weighted by Gasteiger charge is -2.12. The molecular formula is C15H13ClFN3O3. The molecule has 1 heterocycles. The Hall–Kier alpha value is -2.67. The van der Waals surface area contributed by atoms with Gasteiger partial charge in [0.1, 0.15) is 5.15 Å². The summed E-state index contributed by atoms with van der Waals surface area (Å²) < 4.78 is 18.6. The van der Waals surface area contributed by atoms with Crippen molar-refractivity contribution in [3.05, 3.63) is 52.6 Å². The van der Waals surface area contributed by atoms with Crippen LogP contribution in [-0.2, 0) is 0 Å². The number of ether oxygens (including phenoxy) is 1. The summed E-state index contributed by atoms with van der Waals surface area (Å²) in [6.45, 7) is 0. The summed E-state index contributed by atoms with van der Waals surface area (Å²) >= 11 is 5.80. The molecule has 6 nitrogen and oxygen atoms in total. The quantitative estimate of drug-likeness (QED) is 0.840. The number of para-hydroxylation sites is 1. The van der Waals surface area contributed by atoms with Crippen LogP contribution in [0.4, 0.5) is 10.1 Å². The first kappa shape index (κ1) is 16.7. The van der Waals surface area contributed by atoms with Crippen molar-refractivity contribution in [2.75, 3.05) is 19.5 Å². The average molecular weight is 338 g/mol. The van der Waals surface area contributed by atoms with Gasteiger partial charge in [-0.05, 0) is 18.2 Å². The van der Waals surface area contributed by atoms with Crippen molar-refractivity contribution in [1.29, 1.82) is 0 Å². The third kappa shape index (κ3) is 3.57. The maximum atomic E-state index is 13.7. The minimum absolute atomic E-state index is 0.0108. The van der Waals surface area contributed by atoms with Crippen LogP contribution in [0.1, 0.15) is 20.7 Å². The van der Waals surface area contributed by atoms with Gasteiger partial charge in [-0.15, -0.1) is 0 Å². The number of nitrogens with one attached hydrogen (secondary N) is 2. The number of hydrogen-bond acceptors (Lipinski definition) is 4. The van der Waals surface area contributed by atoms with Crippen LogP contribution in [0, 0.1) is 5.82 Å². The van der Waals surface area contributed by atoms with E-state index in [4.69, 9.17) is 16.3 Å². The molecule has 1 aromatic carbocycles. The van der Waals surface area contributed by atoms with Crippen LogP contribution in [0.2, 0.25) is 5.15 Å². The molecule has 0 bridgehead atoms. The molecule has 0 unspecified atom stereocenters. The molecule has 0 aliphatic rings. The summed E-state index contributed by atoms with van der Waals surface area (Å²) in [6.07, 6.45) is 1.24. The highest BCUT2D eigenvalue weighted by Gasteiger charge is 2.19. The summed E-state index contributed by atoms with van der Waals surface area (Å²) in [5.74, 6) is -1.95. The molecule has 0 spiro atoms.